The number of aryl methyl sites for hydroxylation is 1. The number of imidazole rings is 1. The van der Waals surface area contributed by atoms with Crippen LogP contribution in [0.25, 0.3) is 0 Å². The Kier molecular flexibility index (Phi) is 4.15. The Balaban J connectivity index is 2.90. The molecule has 0 aliphatic rings. The first-order valence-electron chi connectivity index (χ1n) is 5.86. The first kappa shape index (κ1) is 13.5. The zero-order chi connectivity index (χ0) is 13.1. The highest BCUT2D eigenvalue weighted by Crippen LogP contribution is 2.32. The maximum absolute atomic E-state index is 11.7. The standard InChI is InChI=1S/C12H22N4O/c1-6-14-11(17)15-10(12(2,3)4)9-7-13-8-16(9)5/h7-8,10H,6H2,1-5H3,(H2,14,15,17). The Hall–Kier alpha value is -1.52. The largest absolute Gasteiger partial charge is 0.338 e. The summed E-state index contributed by atoms with van der Waals surface area (Å²) in [5, 5.41) is 5.74. The molecule has 17 heavy (non-hydrogen) atoms. The predicted molar refractivity (Wildman–Crippen MR) is 67.6 cm³/mol. The lowest BCUT2D eigenvalue weighted by Crippen LogP contribution is -2.43. The number of nitrogens with one attached hydrogen (secondary N) is 2. The first-order chi connectivity index (χ1) is 7.86. The molecule has 0 spiro atoms. The van der Waals surface area contributed by atoms with Gasteiger partial charge in [-0.15, -0.1) is 0 Å². The van der Waals surface area contributed by atoms with Crippen LogP contribution in [-0.4, -0.2) is 22.1 Å². The molecule has 2 amide bonds. The van der Waals surface area contributed by atoms with Crippen LogP contribution in [0.3, 0.4) is 0 Å². The summed E-state index contributed by atoms with van der Waals surface area (Å²) < 4.78 is 1.93. The fourth-order valence-corrected chi connectivity index (χ4v) is 1.72. The van der Waals surface area contributed by atoms with Crippen LogP contribution in [0, 0.1) is 5.41 Å². The Morgan fingerprint density at radius 1 is 1.53 bits per heavy atom. The molecular formula is C12H22N4O. The number of carbonyl (C=O) groups is 1. The molecule has 0 saturated heterocycles. The van der Waals surface area contributed by atoms with Crippen molar-refractivity contribution >= 4 is 6.03 Å². The molecule has 1 aromatic rings. The van der Waals surface area contributed by atoms with Crippen molar-refractivity contribution in [2.24, 2.45) is 12.5 Å². The second-order valence-corrected chi connectivity index (χ2v) is 5.23. The van der Waals surface area contributed by atoms with Gasteiger partial charge in [-0.2, -0.15) is 0 Å². The van der Waals surface area contributed by atoms with Crippen LogP contribution in [-0.2, 0) is 7.05 Å². The van der Waals surface area contributed by atoms with Gasteiger partial charge in [-0.25, -0.2) is 9.78 Å². The van der Waals surface area contributed by atoms with Crippen molar-refractivity contribution in [3.8, 4) is 0 Å². The van der Waals surface area contributed by atoms with Crippen LogP contribution in [0.15, 0.2) is 12.5 Å². The molecule has 0 aliphatic heterocycles. The number of urea groups is 1. The lowest BCUT2D eigenvalue weighted by atomic mass is 9.85. The number of amides is 2. The van der Waals surface area contributed by atoms with Crippen LogP contribution in [0.4, 0.5) is 4.79 Å². The minimum Gasteiger partial charge on any atom is -0.338 e. The molecule has 2 N–H and O–H groups in total. The van der Waals surface area contributed by atoms with E-state index in [0.717, 1.165) is 5.69 Å². The lowest BCUT2D eigenvalue weighted by molar-refractivity contribution is 0.216. The summed E-state index contributed by atoms with van der Waals surface area (Å²) in [5.41, 5.74) is 0.933. The number of rotatable bonds is 3. The molecule has 0 fully saturated rings. The molecule has 1 aromatic heterocycles. The van der Waals surface area contributed by atoms with Crippen LogP contribution in [0.5, 0.6) is 0 Å². The Labute approximate surface area is 103 Å². The van der Waals surface area contributed by atoms with Gasteiger partial charge < -0.3 is 15.2 Å². The molecule has 0 radical (unpaired) electrons. The molecule has 1 atom stereocenters. The van der Waals surface area contributed by atoms with Gasteiger partial charge >= 0.3 is 6.03 Å². The van der Waals surface area contributed by atoms with Gasteiger partial charge in [0.05, 0.1) is 24.3 Å². The van der Waals surface area contributed by atoms with E-state index < -0.39 is 0 Å². The highest BCUT2D eigenvalue weighted by atomic mass is 16.2. The van der Waals surface area contributed by atoms with Crippen molar-refractivity contribution in [3.05, 3.63) is 18.2 Å². The van der Waals surface area contributed by atoms with Gasteiger partial charge in [0.2, 0.25) is 0 Å². The number of hydrogen-bond donors (Lipinski definition) is 2. The summed E-state index contributed by atoms with van der Waals surface area (Å²) in [5.74, 6) is 0. The fraction of sp³-hybridized carbons (Fsp3) is 0.667. The summed E-state index contributed by atoms with van der Waals surface area (Å²) in [6, 6.07) is -0.213. The first-order valence-corrected chi connectivity index (χ1v) is 5.86. The van der Waals surface area contributed by atoms with Crippen LogP contribution in [0.1, 0.15) is 39.4 Å². The maximum atomic E-state index is 11.7. The summed E-state index contributed by atoms with van der Waals surface area (Å²) in [7, 11) is 1.93. The Morgan fingerprint density at radius 2 is 2.18 bits per heavy atom. The quantitative estimate of drug-likeness (QED) is 0.844. The van der Waals surface area contributed by atoms with Crippen LogP contribution in [0.2, 0.25) is 0 Å². The van der Waals surface area contributed by atoms with Crippen LogP contribution < -0.4 is 10.6 Å². The molecule has 1 heterocycles. The molecule has 5 heteroatoms. The zero-order valence-electron chi connectivity index (χ0n) is 11.2. The van der Waals surface area contributed by atoms with Crippen molar-refractivity contribution in [1.29, 1.82) is 0 Å². The van der Waals surface area contributed by atoms with E-state index in [1.807, 2.05) is 18.5 Å². The SMILES string of the molecule is CCNC(=O)NC(c1cncn1C)C(C)(C)C. The summed E-state index contributed by atoms with van der Waals surface area (Å²) in [4.78, 5) is 15.8. The normalized spacial score (nSPS) is 13.2. The highest BCUT2D eigenvalue weighted by molar-refractivity contribution is 5.74. The van der Waals surface area contributed by atoms with Gasteiger partial charge in [-0.05, 0) is 12.3 Å². The average molecular weight is 238 g/mol. The third kappa shape index (κ3) is 3.47. The van der Waals surface area contributed by atoms with Gasteiger partial charge in [0.25, 0.3) is 0 Å². The van der Waals surface area contributed by atoms with E-state index in [2.05, 4.69) is 36.4 Å². The minimum absolute atomic E-state index is 0.0680. The third-order valence-electron chi connectivity index (χ3n) is 2.63. The third-order valence-corrected chi connectivity index (χ3v) is 2.63. The van der Waals surface area contributed by atoms with Gasteiger partial charge in [0.15, 0.2) is 0 Å². The zero-order valence-corrected chi connectivity index (χ0v) is 11.2. The second-order valence-electron chi connectivity index (χ2n) is 5.23. The van der Waals surface area contributed by atoms with Crippen molar-refractivity contribution < 1.29 is 4.79 Å². The highest BCUT2D eigenvalue weighted by Gasteiger charge is 2.29. The van der Waals surface area contributed by atoms with Gasteiger partial charge in [-0.3, -0.25) is 0 Å². The van der Waals surface area contributed by atoms with E-state index in [4.69, 9.17) is 0 Å². The van der Waals surface area contributed by atoms with E-state index in [1.165, 1.54) is 0 Å². The molecule has 96 valence electrons. The van der Waals surface area contributed by atoms with E-state index in [9.17, 15) is 4.79 Å². The molecule has 1 rings (SSSR count). The summed E-state index contributed by atoms with van der Waals surface area (Å²) in [6.45, 7) is 8.80. The minimum atomic E-state index is -0.145. The van der Waals surface area contributed by atoms with E-state index in [0.29, 0.717) is 6.54 Å². The van der Waals surface area contributed by atoms with E-state index in [-0.39, 0.29) is 17.5 Å². The van der Waals surface area contributed by atoms with Gasteiger partial charge in [-0.1, -0.05) is 20.8 Å². The summed E-state index contributed by atoms with van der Waals surface area (Å²) >= 11 is 0. The topological polar surface area (TPSA) is 59.0 Å². The fourth-order valence-electron chi connectivity index (χ4n) is 1.72. The molecule has 0 aliphatic carbocycles. The molecular weight excluding hydrogens is 216 g/mol. The maximum Gasteiger partial charge on any atom is 0.315 e. The molecule has 5 nitrogen and oxygen atoms in total. The number of aromatic nitrogens is 2. The monoisotopic (exact) mass is 238 g/mol. The number of hydrogen-bond acceptors (Lipinski definition) is 2. The van der Waals surface area contributed by atoms with E-state index >= 15 is 0 Å². The Morgan fingerprint density at radius 3 is 2.59 bits per heavy atom. The van der Waals surface area contributed by atoms with Crippen molar-refractivity contribution in [3.63, 3.8) is 0 Å². The molecule has 0 aromatic carbocycles. The van der Waals surface area contributed by atoms with Crippen molar-refractivity contribution in [2.45, 2.75) is 33.7 Å². The number of nitrogens with zero attached hydrogens (tertiary/aromatic N) is 2. The van der Waals surface area contributed by atoms with Crippen molar-refractivity contribution in [1.82, 2.24) is 20.2 Å². The average Bonchev–Trinajstić information content (AvgIpc) is 2.59. The second kappa shape index (κ2) is 5.21. The van der Waals surface area contributed by atoms with Gasteiger partial charge in [0.1, 0.15) is 0 Å². The number of carbonyl (C=O) groups excluding carboxylic acids is 1. The molecule has 1 unspecified atom stereocenters. The van der Waals surface area contributed by atoms with E-state index in [1.54, 1.807) is 12.5 Å². The summed E-state index contributed by atoms with van der Waals surface area (Å²) in [6.07, 6.45) is 3.54. The van der Waals surface area contributed by atoms with Crippen molar-refractivity contribution in [2.75, 3.05) is 6.54 Å². The lowest BCUT2D eigenvalue weighted by Gasteiger charge is -2.31. The molecule has 0 saturated carbocycles. The van der Waals surface area contributed by atoms with Gasteiger partial charge in [0, 0.05) is 13.6 Å². The molecule has 0 bridgehead atoms. The van der Waals surface area contributed by atoms with Crippen LogP contribution >= 0.6 is 0 Å². The predicted octanol–water partition coefficient (Wildman–Crippen LogP) is 1.83. The smallest absolute Gasteiger partial charge is 0.315 e. The Bertz CT molecular complexity index is 378.